The molecule has 0 atom stereocenters. The fraction of sp³-hybridized carbons (Fsp3) is 0.440. The summed E-state index contributed by atoms with van der Waals surface area (Å²) in [5.41, 5.74) is -1.02. The van der Waals surface area contributed by atoms with Gasteiger partial charge in [-0.2, -0.15) is 0 Å². The van der Waals surface area contributed by atoms with Crippen LogP contribution in [0.3, 0.4) is 0 Å². The smallest absolute Gasteiger partial charge is 0.311 e. The lowest BCUT2D eigenvalue weighted by atomic mass is 9.86. The lowest BCUT2D eigenvalue weighted by Crippen LogP contribution is -2.26. The van der Waals surface area contributed by atoms with E-state index in [0.29, 0.717) is 22.6 Å². The predicted molar refractivity (Wildman–Crippen MR) is 121 cm³/mol. The molecule has 0 spiro atoms. The van der Waals surface area contributed by atoms with Gasteiger partial charge in [-0.05, 0) is 68.5 Å². The second-order valence-electron chi connectivity index (χ2n) is 9.72. The molecule has 0 aliphatic carbocycles. The fourth-order valence-corrected chi connectivity index (χ4v) is 3.13. The molecule has 0 heterocycles. The minimum absolute atomic E-state index is 0.00998. The summed E-state index contributed by atoms with van der Waals surface area (Å²) in [4.78, 5) is 33.7. The van der Waals surface area contributed by atoms with Gasteiger partial charge >= 0.3 is 11.9 Å². The molecule has 2 N–H and O–H groups in total. The average molecular weight is 461 g/mol. The summed E-state index contributed by atoms with van der Waals surface area (Å²) in [6.45, 7) is 10.4. The Labute approximate surface area is 193 Å². The second kappa shape index (κ2) is 10.4. The molecule has 0 amide bonds. The Morgan fingerprint density at radius 2 is 0.939 bits per heavy atom. The van der Waals surface area contributed by atoms with Crippen molar-refractivity contribution in [3.8, 4) is 11.5 Å². The van der Waals surface area contributed by atoms with Crippen LogP contribution in [0.4, 0.5) is 0 Å². The van der Waals surface area contributed by atoms with Crippen LogP contribution in [-0.4, -0.2) is 22.5 Å². The van der Waals surface area contributed by atoms with Crippen LogP contribution in [0.25, 0.3) is 0 Å². The number of carbonyl (C=O) groups excluding carboxylic acids is 2. The molecule has 8 nitrogen and oxygen atoms in total. The van der Waals surface area contributed by atoms with Gasteiger partial charge in [0.15, 0.2) is 0 Å². The van der Waals surface area contributed by atoms with Crippen molar-refractivity contribution >= 4 is 11.9 Å². The first-order chi connectivity index (χ1) is 15.3. The van der Waals surface area contributed by atoms with Crippen LogP contribution in [0.5, 0.6) is 11.5 Å². The lowest BCUT2D eigenvalue weighted by molar-refractivity contribution is -0.318. The quantitative estimate of drug-likeness (QED) is 0.208. The standard InChI is InChI=1S/C25H32O8/c1-23(2,15-21(26)30-19-11-7-17(8-12-19)24(3,4)32-28)16-22(27)31-20-13-9-18(10-14-20)25(5,6)33-29/h7-14,28-29H,15-16H2,1-6H3. The molecule has 0 bridgehead atoms. The van der Waals surface area contributed by atoms with E-state index in [1.807, 2.05) is 0 Å². The van der Waals surface area contributed by atoms with Crippen molar-refractivity contribution in [2.75, 3.05) is 0 Å². The number of hydrogen-bond acceptors (Lipinski definition) is 8. The molecule has 0 unspecified atom stereocenters. The van der Waals surface area contributed by atoms with E-state index >= 15 is 0 Å². The number of benzene rings is 2. The molecule has 33 heavy (non-hydrogen) atoms. The Morgan fingerprint density at radius 3 is 1.21 bits per heavy atom. The van der Waals surface area contributed by atoms with E-state index in [2.05, 4.69) is 9.78 Å². The molecule has 2 aromatic rings. The Bertz CT molecular complexity index is 866. The highest BCUT2D eigenvalue weighted by Gasteiger charge is 2.28. The van der Waals surface area contributed by atoms with Crippen molar-refractivity contribution in [3.63, 3.8) is 0 Å². The molecule has 0 fully saturated rings. The Balaban J connectivity index is 1.90. The molecule has 8 heteroatoms. The van der Waals surface area contributed by atoms with E-state index in [1.54, 1.807) is 90.1 Å². The van der Waals surface area contributed by atoms with Gasteiger partial charge in [-0.3, -0.25) is 20.1 Å². The summed E-state index contributed by atoms with van der Waals surface area (Å²) in [5.74, 6) is -0.251. The van der Waals surface area contributed by atoms with Gasteiger partial charge in [-0.1, -0.05) is 38.1 Å². The molecule has 180 valence electrons. The SMILES string of the molecule is CC(C)(CC(=O)Oc1ccc(C(C)(C)OO)cc1)CC(=O)Oc1ccc(C(C)(C)OO)cc1. The van der Waals surface area contributed by atoms with Crippen LogP contribution < -0.4 is 9.47 Å². The summed E-state index contributed by atoms with van der Waals surface area (Å²) in [5, 5.41) is 17.9. The number of esters is 2. The maximum atomic E-state index is 12.4. The summed E-state index contributed by atoms with van der Waals surface area (Å²) >= 11 is 0. The van der Waals surface area contributed by atoms with E-state index in [9.17, 15) is 9.59 Å². The molecule has 0 radical (unpaired) electrons. The lowest BCUT2D eigenvalue weighted by Gasteiger charge is -2.23. The van der Waals surface area contributed by atoms with E-state index in [4.69, 9.17) is 20.0 Å². The third kappa shape index (κ3) is 7.64. The van der Waals surface area contributed by atoms with Crippen molar-refractivity contribution in [1.29, 1.82) is 0 Å². The highest BCUT2D eigenvalue weighted by atomic mass is 17.1. The van der Waals surface area contributed by atoms with Crippen LogP contribution in [0.15, 0.2) is 48.5 Å². The molecular weight excluding hydrogens is 428 g/mol. The Morgan fingerprint density at radius 1 is 0.636 bits per heavy atom. The van der Waals surface area contributed by atoms with E-state index in [-0.39, 0.29) is 12.8 Å². The number of carbonyl (C=O) groups is 2. The molecule has 0 aliphatic heterocycles. The molecule has 2 aromatic carbocycles. The highest BCUT2D eigenvalue weighted by Crippen LogP contribution is 2.30. The average Bonchev–Trinajstić information content (AvgIpc) is 2.73. The zero-order valence-electron chi connectivity index (χ0n) is 19.9. The highest BCUT2D eigenvalue weighted by molar-refractivity contribution is 5.76. The van der Waals surface area contributed by atoms with Gasteiger partial charge < -0.3 is 9.47 Å². The molecule has 0 aromatic heterocycles. The minimum Gasteiger partial charge on any atom is -0.427 e. The van der Waals surface area contributed by atoms with Crippen molar-refractivity contribution in [2.45, 2.75) is 65.6 Å². The predicted octanol–water partition coefficient (Wildman–Crippen LogP) is 5.45. The van der Waals surface area contributed by atoms with Crippen molar-refractivity contribution in [3.05, 3.63) is 59.7 Å². The van der Waals surface area contributed by atoms with Crippen molar-refractivity contribution in [2.24, 2.45) is 5.41 Å². The summed E-state index contributed by atoms with van der Waals surface area (Å²) in [6, 6.07) is 13.2. The number of rotatable bonds is 10. The minimum atomic E-state index is -0.881. The topological polar surface area (TPSA) is 112 Å². The molecule has 0 saturated carbocycles. The van der Waals surface area contributed by atoms with Crippen LogP contribution in [-0.2, 0) is 30.6 Å². The van der Waals surface area contributed by atoms with Gasteiger partial charge in [0, 0.05) is 0 Å². The number of hydrogen-bond donors (Lipinski definition) is 2. The maximum Gasteiger partial charge on any atom is 0.311 e. The van der Waals surface area contributed by atoms with E-state index < -0.39 is 28.6 Å². The normalized spacial score (nSPS) is 12.4. The monoisotopic (exact) mass is 460 g/mol. The van der Waals surface area contributed by atoms with Crippen molar-refractivity contribution in [1.82, 2.24) is 0 Å². The first-order valence-corrected chi connectivity index (χ1v) is 10.6. The van der Waals surface area contributed by atoms with Crippen LogP contribution in [0.1, 0.15) is 65.5 Å². The van der Waals surface area contributed by atoms with E-state index in [1.165, 1.54) is 0 Å². The van der Waals surface area contributed by atoms with Gasteiger partial charge in [0.25, 0.3) is 0 Å². The van der Waals surface area contributed by atoms with Crippen LogP contribution in [0.2, 0.25) is 0 Å². The molecule has 0 saturated heterocycles. The molecule has 2 rings (SSSR count). The van der Waals surface area contributed by atoms with Gasteiger partial charge in [-0.15, -0.1) is 0 Å². The molecule has 0 aliphatic rings. The van der Waals surface area contributed by atoms with E-state index in [0.717, 1.165) is 0 Å². The summed E-state index contributed by atoms with van der Waals surface area (Å²) in [7, 11) is 0. The molecular formula is C25H32O8. The maximum absolute atomic E-state index is 12.4. The van der Waals surface area contributed by atoms with Crippen LogP contribution in [0, 0.1) is 5.41 Å². The largest absolute Gasteiger partial charge is 0.427 e. The number of ether oxygens (including phenoxy) is 2. The van der Waals surface area contributed by atoms with Crippen LogP contribution >= 0.6 is 0 Å². The van der Waals surface area contributed by atoms with Gasteiger partial charge in [0.2, 0.25) is 0 Å². The Hall–Kier alpha value is -2.78. The zero-order chi connectivity index (χ0) is 24.9. The fourth-order valence-electron chi connectivity index (χ4n) is 3.13. The summed E-state index contributed by atoms with van der Waals surface area (Å²) < 4.78 is 10.8. The van der Waals surface area contributed by atoms with Gasteiger partial charge in [-0.25, -0.2) is 9.78 Å². The first-order valence-electron chi connectivity index (χ1n) is 10.6. The third-order valence-electron chi connectivity index (χ3n) is 5.26. The summed E-state index contributed by atoms with van der Waals surface area (Å²) in [6.07, 6.45) is 0.0200. The second-order valence-corrected chi connectivity index (χ2v) is 9.72. The zero-order valence-corrected chi connectivity index (χ0v) is 19.9. The Kier molecular flexibility index (Phi) is 8.37. The van der Waals surface area contributed by atoms with Crippen molar-refractivity contribution < 1.29 is 39.4 Å². The van der Waals surface area contributed by atoms with Gasteiger partial charge in [0.1, 0.15) is 22.7 Å². The van der Waals surface area contributed by atoms with Gasteiger partial charge in [0.05, 0.1) is 12.8 Å². The third-order valence-corrected chi connectivity index (χ3v) is 5.26. The first kappa shape index (κ1) is 26.5.